The number of nitrogens with two attached hydrogens (primary N) is 1. The number of rotatable bonds is 3. The number of benzene rings is 1. The van der Waals surface area contributed by atoms with Gasteiger partial charge in [0.2, 0.25) is 0 Å². The van der Waals surface area contributed by atoms with Crippen molar-refractivity contribution in [2.75, 3.05) is 6.54 Å². The van der Waals surface area contributed by atoms with Gasteiger partial charge in [0, 0.05) is 24.2 Å². The van der Waals surface area contributed by atoms with E-state index in [0.29, 0.717) is 16.6 Å². The van der Waals surface area contributed by atoms with Crippen molar-refractivity contribution in [3.63, 3.8) is 0 Å². The van der Waals surface area contributed by atoms with E-state index in [1.54, 1.807) is 6.07 Å². The molecule has 0 aliphatic heterocycles. The molecule has 2 aromatic heterocycles. The molecule has 0 amide bonds. The molecule has 0 fully saturated rings. The highest BCUT2D eigenvalue weighted by Gasteiger charge is 2.19. The fraction of sp³-hybridized carbons (Fsp3) is 0.235. The topological polar surface area (TPSA) is 43.3 Å². The number of fused-ring (bicyclic) bond motifs is 1. The Kier molecular flexibility index (Phi) is 4.13. The van der Waals surface area contributed by atoms with E-state index in [-0.39, 0.29) is 5.92 Å². The van der Waals surface area contributed by atoms with Crippen molar-refractivity contribution in [2.24, 2.45) is 5.73 Å². The molecular weight excluding hydrogens is 317 g/mol. The second-order valence-corrected chi connectivity index (χ2v) is 6.36. The Morgan fingerprint density at radius 1 is 1.18 bits per heavy atom. The number of nitrogens with zero attached hydrogens (tertiary/aromatic N) is 2. The second-order valence-electron chi connectivity index (χ2n) is 5.54. The van der Waals surface area contributed by atoms with E-state index >= 15 is 0 Å². The molecule has 3 aromatic rings. The molecule has 2 N–H and O–H groups in total. The minimum Gasteiger partial charge on any atom is -0.330 e. The lowest BCUT2D eigenvalue weighted by atomic mass is 10.0. The van der Waals surface area contributed by atoms with Gasteiger partial charge in [-0.3, -0.25) is 0 Å². The highest BCUT2D eigenvalue weighted by Crippen LogP contribution is 2.33. The molecule has 5 heteroatoms. The van der Waals surface area contributed by atoms with Gasteiger partial charge in [0.25, 0.3) is 0 Å². The standard InChI is InChI=1S/C17H17Cl2N3/c1-10-5-6-22-15(7-10)21-16(17(22)11(2)9-20)12-3-4-13(18)14(19)8-12/h3-8,11H,9,20H2,1-2H3. The van der Waals surface area contributed by atoms with Gasteiger partial charge < -0.3 is 10.1 Å². The van der Waals surface area contributed by atoms with Crippen LogP contribution in [0.4, 0.5) is 0 Å². The number of hydrogen-bond acceptors (Lipinski definition) is 2. The Bertz CT molecular complexity index is 839. The summed E-state index contributed by atoms with van der Waals surface area (Å²) >= 11 is 12.2. The van der Waals surface area contributed by atoms with Crippen LogP contribution < -0.4 is 5.73 Å². The van der Waals surface area contributed by atoms with E-state index in [1.165, 1.54) is 5.56 Å². The molecule has 0 aliphatic carbocycles. The summed E-state index contributed by atoms with van der Waals surface area (Å²) in [4.78, 5) is 4.79. The van der Waals surface area contributed by atoms with Crippen LogP contribution in [0, 0.1) is 6.92 Å². The molecule has 1 atom stereocenters. The molecule has 0 spiro atoms. The van der Waals surface area contributed by atoms with Crippen LogP contribution in [-0.2, 0) is 0 Å². The van der Waals surface area contributed by atoms with Crippen LogP contribution in [-0.4, -0.2) is 15.9 Å². The molecular formula is C17H17Cl2N3. The molecule has 1 unspecified atom stereocenters. The molecule has 0 saturated heterocycles. The van der Waals surface area contributed by atoms with Gasteiger partial charge in [-0.25, -0.2) is 4.98 Å². The summed E-state index contributed by atoms with van der Waals surface area (Å²) < 4.78 is 2.10. The summed E-state index contributed by atoms with van der Waals surface area (Å²) in [5, 5.41) is 1.07. The van der Waals surface area contributed by atoms with Gasteiger partial charge in [0.05, 0.1) is 21.4 Å². The Labute approximate surface area is 139 Å². The van der Waals surface area contributed by atoms with Gasteiger partial charge in [0.15, 0.2) is 0 Å². The lowest BCUT2D eigenvalue weighted by Gasteiger charge is -2.12. The number of halogens is 2. The Hall–Kier alpha value is -1.55. The Morgan fingerprint density at radius 2 is 1.95 bits per heavy atom. The molecule has 22 heavy (non-hydrogen) atoms. The second kappa shape index (κ2) is 5.92. The first-order valence-electron chi connectivity index (χ1n) is 7.15. The van der Waals surface area contributed by atoms with E-state index in [9.17, 15) is 0 Å². The maximum absolute atomic E-state index is 6.16. The van der Waals surface area contributed by atoms with Crippen molar-refractivity contribution in [2.45, 2.75) is 19.8 Å². The van der Waals surface area contributed by atoms with Crippen LogP contribution in [0.1, 0.15) is 24.1 Å². The average Bonchev–Trinajstić information content (AvgIpc) is 2.87. The quantitative estimate of drug-likeness (QED) is 0.756. The highest BCUT2D eigenvalue weighted by molar-refractivity contribution is 6.42. The fourth-order valence-corrected chi connectivity index (χ4v) is 2.90. The monoisotopic (exact) mass is 333 g/mol. The van der Waals surface area contributed by atoms with Crippen LogP contribution in [0.25, 0.3) is 16.9 Å². The van der Waals surface area contributed by atoms with E-state index in [0.717, 1.165) is 22.6 Å². The lowest BCUT2D eigenvalue weighted by molar-refractivity contribution is 0.738. The molecule has 114 valence electrons. The van der Waals surface area contributed by atoms with Crippen LogP contribution in [0.3, 0.4) is 0 Å². The van der Waals surface area contributed by atoms with Gasteiger partial charge in [-0.2, -0.15) is 0 Å². The number of imidazole rings is 1. The largest absolute Gasteiger partial charge is 0.330 e. The van der Waals surface area contributed by atoms with Gasteiger partial charge in [-0.1, -0.05) is 36.2 Å². The highest BCUT2D eigenvalue weighted by atomic mass is 35.5. The maximum atomic E-state index is 6.16. The van der Waals surface area contributed by atoms with Gasteiger partial charge in [-0.15, -0.1) is 0 Å². The third-order valence-electron chi connectivity index (χ3n) is 3.83. The number of hydrogen-bond donors (Lipinski definition) is 1. The van der Waals surface area contributed by atoms with E-state index in [2.05, 4.69) is 30.4 Å². The van der Waals surface area contributed by atoms with Crippen LogP contribution in [0.2, 0.25) is 10.0 Å². The third-order valence-corrected chi connectivity index (χ3v) is 4.57. The smallest absolute Gasteiger partial charge is 0.137 e. The predicted octanol–water partition coefficient (Wildman–Crippen LogP) is 4.68. The predicted molar refractivity (Wildman–Crippen MR) is 92.9 cm³/mol. The number of aryl methyl sites for hydroxylation is 1. The summed E-state index contributed by atoms with van der Waals surface area (Å²) in [5.41, 5.74) is 10.9. The number of aromatic nitrogens is 2. The zero-order chi connectivity index (χ0) is 15.9. The molecule has 2 heterocycles. The van der Waals surface area contributed by atoms with Crippen molar-refractivity contribution in [3.05, 3.63) is 57.8 Å². The third kappa shape index (κ3) is 2.60. The van der Waals surface area contributed by atoms with E-state index in [4.69, 9.17) is 33.9 Å². The van der Waals surface area contributed by atoms with Crippen molar-refractivity contribution in [1.29, 1.82) is 0 Å². The minimum absolute atomic E-state index is 0.183. The first-order chi connectivity index (χ1) is 10.5. The van der Waals surface area contributed by atoms with Gasteiger partial charge in [0.1, 0.15) is 5.65 Å². The molecule has 0 bridgehead atoms. The van der Waals surface area contributed by atoms with Gasteiger partial charge >= 0.3 is 0 Å². The van der Waals surface area contributed by atoms with Crippen LogP contribution in [0.5, 0.6) is 0 Å². The van der Waals surface area contributed by atoms with E-state index < -0.39 is 0 Å². The van der Waals surface area contributed by atoms with Crippen molar-refractivity contribution >= 4 is 28.8 Å². The maximum Gasteiger partial charge on any atom is 0.137 e. The summed E-state index contributed by atoms with van der Waals surface area (Å²) in [7, 11) is 0. The van der Waals surface area contributed by atoms with Crippen molar-refractivity contribution in [1.82, 2.24) is 9.38 Å². The molecule has 3 nitrogen and oxygen atoms in total. The van der Waals surface area contributed by atoms with E-state index in [1.807, 2.05) is 18.3 Å². The summed E-state index contributed by atoms with van der Waals surface area (Å²) in [6.07, 6.45) is 2.04. The molecule has 0 saturated carbocycles. The van der Waals surface area contributed by atoms with Crippen molar-refractivity contribution < 1.29 is 0 Å². The first-order valence-corrected chi connectivity index (χ1v) is 7.91. The molecule has 0 aliphatic rings. The summed E-state index contributed by atoms with van der Waals surface area (Å²) in [6, 6.07) is 9.72. The van der Waals surface area contributed by atoms with Crippen molar-refractivity contribution in [3.8, 4) is 11.3 Å². The SMILES string of the molecule is Cc1ccn2c(C(C)CN)c(-c3ccc(Cl)c(Cl)c3)nc2c1. The molecule has 0 radical (unpaired) electrons. The molecule has 3 rings (SSSR count). The lowest BCUT2D eigenvalue weighted by Crippen LogP contribution is -2.12. The van der Waals surface area contributed by atoms with Crippen LogP contribution >= 0.6 is 23.2 Å². The number of pyridine rings is 1. The fourth-order valence-electron chi connectivity index (χ4n) is 2.60. The Morgan fingerprint density at radius 3 is 2.64 bits per heavy atom. The average molecular weight is 334 g/mol. The van der Waals surface area contributed by atoms with Gasteiger partial charge in [-0.05, 0) is 36.8 Å². The normalized spacial score (nSPS) is 12.8. The minimum atomic E-state index is 0.183. The van der Waals surface area contributed by atoms with Crippen LogP contribution in [0.15, 0.2) is 36.5 Å². The Balaban J connectivity index is 2.29. The summed E-state index contributed by atoms with van der Waals surface area (Å²) in [6.45, 7) is 4.71. The first kappa shape index (κ1) is 15.3. The zero-order valence-electron chi connectivity index (χ0n) is 12.5. The summed E-state index contributed by atoms with van der Waals surface area (Å²) in [5.74, 6) is 0.183. The zero-order valence-corrected chi connectivity index (χ0v) is 14.0. The molecule has 1 aromatic carbocycles.